The van der Waals surface area contributed by atoms with E-state index in [0.717, 1.165) is 72.8 Å². The third-order valence-corrected chi connectivity index (χ3v) is 13.6. The average Bonchev–Trinajstić information content (AvgIpc) is 3.88. The van der Waals surface area contributed by atoms with E-state index >= 15 is 0 Å². The number of anilines is 3. The lowest BCUT2D eigenvalue weighted by Crippen LogP contribution is -2.36. The molecular weight excluding hydrogens is 769 g/mol. The average molecular weight is 805 g/mol. The zero-order chi connectivity index (χ0) is 41.2. The summed E-state index contributed by atoms with van der Waals surface area (Å²) in [6, 6.07) is 79.0. The maximum Gasteiger partial charge on any atom is 0.135 e. The number of furan rings is 1. The fraction of sp³-hybridized carbons (Fsp3) is 0.0169. The molecule has 4 heteroatoms. The fourth-order valence-corrected chi connectivity index (χ4v) is 11.1. The Morgan fingerprint density at radius 3 is 1.90 bits per heavy atom. The van der Waals surface area contributed by atoms with Crippen LogP contribution >= 0.6 is 0 Å². The van der Waals surface area contributed by atoms with Crippen LogP contribution < -0.4 is 9.64 Å². The van der Waals surface area contributed by atoms with Crippen LogP contribution in [0.15, 0.2) is 223 Å². The highest BCUT2D eigenvalue weighted by Crippen LogP contribution is 2.61. The van der Waals surface area contributed by atoms with E-state index in [-0.39, 0.29) is 0 Å². The Morgan fingerprint density at radius 2 is 1.00 bits per heavy atom. The predicted octanol–water partition coefficient (Wildman–Crippen LogP) is 15.8. The number of ether oxygens (including phenoxy) is 1. The second kappa shape index (κ2) is 12.8. The molecule has 0 amide bonds. The summed E-state index contributed by atoms with van der Waals surface area (Å²) in [6.45, 7) is 0. The van der Waals surface area contributed by atoms with Crippen molar-refractivity contribution in [2.24, 2.45) is 0 Å². The summed E-state index contributed by atoms with van der Waals surface area (Å²) in [5, 5.41) is 7.07. The van der Waals surface area contributed by atoms with Crippen molar-refractivity contribution in [2.45, 2.75) is 5.41 Å². The van der Waals surface area contributed by atoms with Crippen LogP contribution in [0.3, 0.4) is 0 Å². The van der Waals surface area contributed by atoms with Gasteiger partial charge in [0.15, 0.2) is 0 Å². The Hall–Kier alpha value is -8.34. The summed E-state index contributed by atoms with van der Waals surface area (Å²) in [5.74, 6) is 1.69. The topological polar surface area (TPSA) is 30.5 Å². The summed E-state index contributed by atoms with van der Waals surface area (Å²) in [4.78, 5) is 2.37. The minimum atomic E-state index is -0.620. The molecule has 1 spiro atoms. The molecule has 0 saturated carbocycles. The van der Waals surface area contributed by atoms with E-state index in [1.54, 1.807) is 0 Å². The number of aromatic nitrogens is 1. The summed E-state index contributed by atoms with van der Waals surface area (Å²) < 4.78 is 15.8. The van der Waals surface area contributed by atoms with Crippen LogP contribution in [-0.2, 0) is 5.41 Å². The zero-order valence-electron chi connectivity index (χ0n) is 34.0. The van der Waals surface area contributed by atoms with Gasteiger partial charge in [0.2, 0.25) is 0 Å². The van der Waals surface area contributed by atoms with Gasteiger partial charge in [-0.25, -0.2) is 0 Å². The number of para-hydroxylation sites is 4. The Bertz CT molecular complexity index is 3850. The number of hydrogen-bond acceptors (Lipinski definition) is 3. The van der Waals surface area contributed by atoms with Crippen molar-refractivity contribution in [1.82, 2.24) is 4.57 Å². The van der Waals surface area contributed by atoms with E-state index in [9.17, 15) is 0 Å². The van der Waals surface area contributed by atoms with Gasteiger partial charge in [-0.3, -0.25) is 0 Å². The van der Waals surface area contributed by atoms with Crippen LogP contribution in [0, 0.1) is 0 Å². The van der Waals surface area contributed by atoms with Gasteiger partial charge in [-0.1, -0.05) is 140 Å². The molecule has 3 heterocycles. The summed E-state index contributed by atoms with van der Waals surface area (Å²) in [6.07, 6.45) is 0. The quantitative estimate of drug-likeness (QED) is 0.178. The molecule has 0 bridgehead atoms. The Labute approximate surface area is 363 Å². The molecule has 0 fully saturated rings. The Balaban J connectivity index is 1.04. The fourth-order valence-electron chi connectivity index (χ4n) is 11.1. The van der Waals surface area contributed by atoms with Gasteiger partial charge < -0.3 is 18.6 Å². The van der Waals surface area contributed by atoms with Gasteiger partial charge in [0.1, 0.15) is 22.7 Å². The number of hydrogen-bond donors (Lipinski definition) is 0. The van der Waals surface area contributed by atoms with Gasteiger partial charge >= 0.3 is 0 Å². The number of benzene rings is 10. The van der Waals surface area contributed by atoms with Crippen molar-refractivity contribution in [3.05, 3.63) is 241 Å². The summed E-state index contributed by atoms with van der Waals surface area (Å²) in [5.41, 5.74) is 14.9. The van der Waals surface area contributed by atoms with Gasteiger partial charge in [0.05, 0.1) is 16.4 Å². The summed E-state index contributed by atoms with van der Waals surface area (Å²) >= 11 is 0. The normalized spacial score (nSPS) is 14.9. The number of nitrogens with zero attached hydrogens (tertiary/aromatic N) is 2. The molecule has 294 valence electrons. The van der Waals surface area contributed by atoms with Crippen LogP contribution in [-0.4, -0.2) is 4.57 Å². The molecular formula is C59H36N2O2. The minimum Gasteiger partial charge on any atom is -0.457 e. The lowest BCUT2D eigenvalue weighted by molar-refractivity contribution is 0.435. The van der Waals surface area contributed by atoms with Crippen LogP contribution in [0.2, 0.25) is 0 Å². The molecule has 12 aromatic rings. The van der Waals surface area contributed by atoms with Crippen LogP contribution in [0.1, 0.15) is 22.3 Å². The molecule has 0 radical (unpaired) electrons. The highest BCUT2D eigenvalue weighted by molar-refractivity contribution is 6.12. The highest BCUT2D eigenvalue weighted by atomic mass is 16.5. The largest absolute Gasteiger partial charge is 0.457 e. The molecule has 10 aromatic carbocycles. The molecule has 2 aromatic heterocycles. The third-order valence-electron chi connectivity index (χ3n) is 13.6. The molecule has 2 aliphatic rings. The zero-order valence-corrected chi connectivity index (χ0v) is 34.0. The third kappa shape index (κ3) is 4.69. The monoisotopic (exact) mass is 804 g/mol. The highest BCUT2D eigenvalue weighted by Gasteiger charge is 2.49. The van der Waals surface area contributed by atoms with E-state index in [2.05, 4.69) is 216 Å². The van der Waals surface area contributed by atoms with E-state index in [0.29, 0.717) is 0 Å². The first-order valence-corrected chi connectivity index (χ1v) is 21.6. The van der Waals surface area contributed by atoms with Crippen LogP contribution in [0.25, 0.3) is 71.3 Å². The first kappa shape index (κ1) is 34.4. The van der Waals surface area contributed by atoms with Crippen LogP contribution in [0.4, 0.5) is 17.1 Å². The van der Waals surface area contributed by atoms with Crippen molar-refractivity contribution < 1.29 is 9.15 Å². The molecule has 1 aliphatic heterocycles. The second-order valence-electron chi connectivity index (χ2n) is 16.8. The maximum absolute atomic E-state index is 7.12. The van der Waals surface area contributed by atoms with E-state index in [1.165, 1.54) is 49.3 Å². The second-order valence-corrected chi connectivity index (χ2v) is 16.8. The number of fused-ring (bicyclic) bond motifs is 14. The van der Waals surface area contributed by atoms with Gasteiger partial charge in [0.25, 0.3) is 0 Å². The molecule has 0 saturated heterocycles. The van der Waals surface area contributed by atoms with Gasteiger partial charge in [0, 0.05) is 61.5 Å². The molecule has 4 nitrogen and oxygen atoms in total. The SMILES string of the molecule is c1ccc(-n2c3ccccc3c3cc(N(c4ccc5c(c4)Oc4ccccc4C54c5ccccc5-c5cccc6cccc4c56)c4ccc5oc6ccccc6c5c4)ccc32)cc1. The molecule has 1 atom stereocenters. The predicted molar refractivity (Wildman–Crippen MR) is 258 cm³/mol. The molecule has 14 rings (SSSR count). The standard InChI is InChI=1S/C59H36N2O2/c1-2-16-38(17-3-1)61-52-25-9-5-19-43(52)46-34-39(29-32-53(46)61)60(40-30-33-55-47(35-40)44-20-6-10-26-54(44)62-55)41-28-31-50-57(36-41)63-56-27-11-8-23-49(56)59(50)48-22-7-4-18-42(48)45-21-12-14-37-15-13-24-51(59)58(37)45/h1-36H. The van der Waals surface area contributed by atoms with Crippen molar-refractivity contribution >= 4 is 71.6 Å². The molecule has 1 unspecified atom stereocenters. The van der Waals surface area contributed by atoms with Crippen molar-refractivity contribution in [1.29, 1.82) is 0 Å². The van der Waals surface area contributed by atoms with E-state index < -0.39 is 5.41 Å². The van der Waals surface area contributed by atoms with Crippen LogP contribution in [0.5, 0.6) is 11.5 Å². The first-order valence-electron chi connectivity index (χ1n) is 21.6. The molecule has 0 N–H and O–H groups in total. The molecule has 63 heavy (non-hydrogen) atoms. The Morgan fingerprint density at radius 1 is 0.381 bits per heavy atom. The maximum atomic E-state index is 7.12. The Kier molecular flexibility index (Phi) is 7.01. The van der Waals surface area contributed by atoms with E-state index in [1.807, 2.05) is 12.1 Å². The smallest absolute Gasteiger partial charge is 0.135 e. The number of rotatable bonds is 4. The van der Waals surface area contributed by atoms with Gasteiger partial charge in [-0.05, 0) is 106 Å². The lowest BCUT2D eigenvalue weighted by Gasteiger charge is -2.45. The van der Waals surface area contributed by atoms with Gasteiger partial charge in [-0.15, -0.1) is 0 Å². The minimum absolute atomic E-state index is 0.620. The molecule has 1 aliphatic carbocycles. The van der Waals surface area contributed by atoms with E-state index in [4.69, 9.17) is 9.15 Å². The lowest BCUT2D eigenvalue weighted by atomic mass is 9.58. The van der Waals surface area contributed by atoms with Crippen molar-refractivity contribution in [2.75, 3.05) is 4.90 Å². The van der Waals surface area contributed by atoms with Gasteiger partial charge in [-0.2, -0.15) is 0 Å². The summed E-state index contributed by atoms with van der Waals surface area (Å²) in [7, 11) is 0. The van der Waals surface area contributed by atoms with Crippen molar-refractivity contribution in [3.63, 3.8) is 0 Å². The first-order chi connectivity index (χ1) is 31.2. The van der Waals surface area contributed by atoms with Crippen molar-refractivity contribution in [3.8, 4) is 28.3 Å².